The van der Waals surface area contributed by atoms with Gasteiger partial charge in [0.1, 0.15) is 5.75 Å². The Kier molecular flexibility index (Phi) is 6.02. The second kappa shape index (κ2) is 7.99. The van der Waals surface area contributed by atoms with Gasteiger partial charge in [-0.25, -0.2) is 4.79 Å². The van der Waals surface area contributed by atoms with E-state index in [1.54, 1.807) is 11.8 Å². The molecule has 0 radical (unpaired) electrons. The summed E-state index contributed by atoms with van der Waals surface area (Å²) in [6, 6.07) is 7.59. The highest BCUT2D eigenvalue weighted by Crippen LogP contribution is 2.27. The summed E-state index contributed by atoms with van der Waals surface area (Å²) in [5.41, 5.74) is 1.01. The lowest BCUT2D eigenvalue weighted by Gasteiger charge is -2.30. The van der Waals surface area contributed by atoms with Crippen molar-refractivity contribution in [3.8, 4) is 5.75 Å². The Morgan fingerprint density at radius 1 is 1.30 bits per heavy atom. The third kappa shape index (κ3) is 4.47. The molecule has 5 nitrogen and oxygen atoms in total. The number of ether oxygens (including phenoxy) is 2. The lowest BCUT2D eigenvalue weighted by atomic mass is 9.98. The van der Waals surface area contributed by atoms with Gasteiger partial charge in [0.2, 0.25) is 0 Å². The Morgan fingerprint density at radius 3 is 2.74 bits per heavy atom. The highest BCUT2D eigenvalue weighted by atomic mass is 16.6. The van der Waals surface area contributed by atoms with Crippen molar-refractivity contribution >= 4 is 12.1 Å². The molecule has 23 heavy (non-hydrogen) atoms. The second-order valence-corrected chi connectivity index (χ2v) is 6.10. The Labute approximate surface area is 137 Å². The summed E-state index contributed by atoms with van der Waals surface area (Å²) in [5.74, 6) is 0.322. The molecule has 2 rings (SSSR count). The van der Waals surface area contributed by atoms with Crippen LogP contribution in [-0.4, -0.2) is 36.7 Å². The van der Waals surface area contributed by atoms with E-state index in [-0.39, 0.29) is 23.9 Å². The normalized spacial score (nSPS) is 17.9. The zero-order valence-corrected chi connectivity index (χ0v) is 14.1. The molecule has 0 bridgehead atoms. The Morgan fingerprint density at radius 2 is 2.04 bits per heavy atom. The molecule has 1 saturated heterocycles. The first kappa shape index (κ1) is 17.3. The van der Waals surface area contributed by atoms with E-state index in [1.165, 1.54) is 0 Å². The fourth-order valence-corrected chi connectivity index (χ4v) is 2.79. The van der Waals surface area contributed by atoms with Crippen molar-refractivity contribution in [3.63, 3.8) is 0 Å². The molecule has 1 heterocycles. The smallest absolute Gasteiger partial charge is 0.409 e. The molecule has 0 N–H and O–H groups in total. The van der Waals surface area contributed by atoms with Crippen molar-refractivity contribution in [3.05, 3.63) is 29.8 Å². The van der Waals surface area contributed by atoms with E-state index in [4.69, 9.17) is 9.47 Å². The topological polar surface area (TPSA) is 55.8 Å². The summed E-state index contributed by atoms with van der Waals surface area (Å²) >= 11 is 0. The molecule has 0 spiro atoms. The molecule has 1 atom stereocenters. The number of carbonyl (C=O) groups excluding carboxylic acids is 2. The summed E-state index contributed by atoms with van der Waals surface area (Å²) in [4.78, 5) is 25.9. The monoisotopic (exact) mass is 319 g/mol. The fraction of sp³-hybridized carbons (Fsp3) is 0.556. The first-order valence-electron chi connectivity index (χ1n) is 8.25. The zero-order valence-electron chi connectivity index (χ0n) is 14.1. The van der Waals surface area contributed by atoms with Gasteiger partial charge < -0.3 is 14.4 Å². The van der Waals surface area contributed by atoms with Gasteiger partial charge in [-0.3, -0.25) is 4.79 Å². The number of para-hydroxylation sites is 1. The lowest BCUT2D eigenvalue weighted by molar-refractivity contribution is -0.140. The van der Waals surface area contributed by atoms with Gasteiger partial charge in [-0.1, -0.05) is 32.0 Å². The van der Waals surface area contributed by atoms with Gasteiger partial charge in [-0.05, 0) is 37.3 Å². The molecule has 0 aromatic heterocycles. The van der Waals surface area contributed by atoms with Gasteiger partial charge in [0.15, 0.2) is 0 Å². The van der Waals surface area contributed by atoms with Crippen LogP contribution in [0.25, 0.3) is 0 Å². The molecule has 1 unspecified atom stereocenters. The molecular formula is C18H25NO4. The van der Waals surface area contributed by atoms with Crippen LogP contribution in [0.15, 0.2) is 24.3 Å². The largest absolute Gasteiger partial charge is 0.450 e. The Bertz CT molecular complexity index is 556. The molecule has 1 aromatic rings. The average Bonchev–Trinajstić information content (AvgIpc) is 2.55. The van der Waals surface area contributed by atoms with Gasteiger partial charge in [0.25, 0.3) is 0 Å². The lowest BCUT2D eigenvalue weighted by Crippen LogP contribution is -2.43. The number of amides is 1. The van der Waals surface area contributed by atoms with Crippen LogP contribution < -0.4 is 4.74 Å². The number of hydrogen-bond acceptors (Lipinski definition) is 4. The maximum absolute atomic E-state index is 12.5. The predicted molar refractivity (Wildman–Crippen MR) is 87.5 cm³/mol. The highest BCUT2D eigenvalue weighted by Gasteiger charge is 2.30. The maximum Gasteiger partial charge on any atom is 0.409 e. The van der Waals surface area contributed by atoms with Gasteiger partial charge >= 0.3 is 12.1 Å². The van der Waals surface area contributed by atoms with Crippen molar-refractivity contribution in [2.45, 2.75) is 39.5 Å². The molecule has 126 valence electrons. The molecule has 1 amide bonds. The van der Waals surface area contributed by atoms with Gasteiger partial charge in [-0.15, -0.1) is 0 Å². The molecule has 1 fully saturated rings. The molecule has 0 saturated carbocycles. The van der Waals surface area contributed by atoms with Crippen molar-refractivity contribution < 1.29 is 19.1 Å². The van der Waals surface area contributed by atoms with E-state index in [9.17, 15) is 9.59 Å². The number of carbonyl (C=O) groups is 2. The van der Waals surface area contributed by atoms with E-state index in [0.29, 0.717) is 25.4 Å². The van der Waals surface area contributed by atoms with Crippen LogP contribution in [0.5, 0.6) is 5.75 Å². The van der Waals surface area contributed by atoms with Gasteiger partial charge in [0.05, 0.1) is 12.5 Å². The van der Waals surface area contributed by atoms with Crippen LogP contribution >= 0.6 is 0 Å². The first-order valence-corrected chi connectivity index (χ1v) is 8.25. The van der Waals surface area contributed by atoms with E-state index < -0.39 is 0 Å². The summed E-state index contributed by atoms with van der Waals surface area (Å²) in [6.45, 7) is 7.24. The number of rotatable bonds is 4. The maximum atomic E-state index is 12.5. The van der Waals surface area contributed by atoms with E-state index in [2.05, 4.69) is 13.8 Å². The number of benzene rings is 1. The van der Waals surface area contributed by atoms with Crippen LogP contribution in [0.1, 0.15) is 45.1 Å². The number of hydrogen-bond donors (Lipinski definition) is 0. The molecule has 5 heteroatoms. The molecule has 1 aliphatic heterocycles. The van der Waals surface area contributed by atoms with Crippen LogP contribution in [-0.2, 0) is 9.53 Å². The van der Waals surface area contributed by atoms with Crippen molar-refractivity contribution in [2.24, 2.45) is 5.92 Å². The standard InChI is InChI=1S/C18H25NO4/c1-4-22-18(21)19-11-7-8-14(12-19)17(20)23-16-10-6-5-9-15(16)13(2)3/h5-6,9-10,13-14H,4,7-8,11-12H2,1-3H3. The summed E-state index contributed by atoms with van der Waals surface area (Å²) in [6.07, 6.45) is 1.16. The minimum Gasteiger partial charge on any atom is -0.450 e. The van der Waals surface area contributed by atoms with Gasteiger partial charge in [-0.2, -0.15) is 0 Å². The second-order valence-electron chi connectivity index (χ2n) is 6.10. The van der Waals surface area contributed by atoms with Crippen LogP contribution in [0.3, 0.4) is 0 Å². The van der Waals surface area contributed by atoms with Crippen molar-refractivity contribution in [2.75, 3.05) is 19.7 Å². The summed E-state index contributed by atoms with van der Waals surface area (Å²) in [5, 5.41) is 0. The van der Waals surface area contributed by atoms with E-state index in [0.717, 1.165) is 18.4 Å². The number of nitrogens with zero attached hydrogens (tertiary/aromatic N) is 1. The van der Waals surface area contributed by atoms with Crippen LogP contribution in [0.2, 0.25) is 0 Å². The van der Waals surface area contributed by atoms with E-state index >= 15 is 0 Å². The number of piperidine rings is 1. The van der Waals surface area contributed by atoms with Gasteiger partial charge in [0, 0.05) is 13.1 Å². The predicted octanol–water partition coefficient (Wildman–Crippen LogP) is 3.58. The van der Waals surface area contributed by atoms with Crippen molar-refractivity contribution in [1.29, 1.82) is 0 Å². The first-order chi connectivity index (χ1) is 11.0. The Hall–Kier alpha value is -2.04. The average molecular weight is 319 g/mol. The zero-order chi connectivity index (χ0) is 16.8. The fourth-order valence-electron chi connectivity index (χ4n) is 2.79. The SMILES string of the molecule is CCOC(=O)N1CCCC(C(=O)Oc2ccccc2C(C)C)C1. The Balaban J connectivity index is 2.02. The summed E-state index contributed by atoms with van der Waals surface area (Å²) in [7, 11) is 0. The molecule has 1 aromatic carbocycles. The van der Waals surface area contributed by atoms with Crippen LogP contribution in [0, 0.1) is 5.92 Å². The molecule has 1 aliphatic rings. The van der Waals surface area contributed by atoms with Crippen molar-refractivity contribution in [1.82, 2.24) is 4.90 Å². The van der Waals surface area contributed by atoms with E-state index in [1.807, 2.05) is 24.3 Å². The molecular weight excluding hydrogens is 294 g/mol. The quantitative estimate of drug-likeness (QED) is 0.629. The third-order valence-corrected chi connectivity index (χ3v) is 4.03. The van der Waals surface area contributed by atoms with Crippen LogP contribution in [0.4, 0.5) is 4.79 Å². The third-order valence-electron chi connectivity index (χ3n) is 4.03. The minimum absolute atomic E-state index is 0.271. The molecule has 0 aliphatic carbocycles. The minimum atomic E-state index is -0.354. The summed E-state index contributed by atoms with van der Waals surface area (Å²) < 4.78 is 10.6. The number of esters is 1. The number of likely N-dealkylation sites (tertiary alicyclic amines) is 1. The highest BCUT2D eigenvalue weighted by molar-refractivity contribution is 5.77.